The number of primary amides is 1. The van der Waals surface area contributed by atoms with E-state index in [1.165, 1.54) is 10.8 Å². The Balaban J connectivity index is 0.00000320. The highest BCUT2D eigenvalue weighted by atomic mass is 19.1. The van der Waals surface area contributed by atoms with Gasteiger partial charge in [-0.1, -0.05) is 7.43 Å². The van der Waals surface area contributed by atoms with E-state index in [-0.39, 0.29) is 25.8 Å². The number of nitrogens with one attached hydrogen (secondary N) is 2. The molecule has 0 unspecified atom stereocenters. The molecule has 3 rings (SSSR count). The number of hydrogen-bond donors (Lipinski definition) is 3. The predicted molar refractivity (Wildman–Crippen MR) is 109 cm³/mol. The van der Waals surface area contributed by atoms with E-state index < -0.39 is 35.1 Å². The Bertz CT molecular complexity index is 1040. The summed E-state index contributed by atoms with van der Waals surface area (Å²) in [5, 5.41) is 5.59. The maximum absolute atomic E-state index is 14.1. The number of rotatable bonds is 7. The number of carbonyl (C=O) groups is 1. The SMILES string of the molecule is C.CC(C)Nc1ncc2nc(Nc3c(F)cc(F)cc3F)n([C@H](C)CC(N)=O)c2n1. The predicted octanol–water partition coefficient (Wildman–Crippen LogP) is 3.88. The molecule has 3 aromatic rings. The maximum atomic E-state index is 14.1. The van der Waals surface area contributed by atoms with Crippen LogP contribution in [0.1, 0.15) is 40.7 Å². The van der Waals surface area contributed by atoms with Gasteiger partial charge in [0.25, 0.3) is 0 Å². The summed E-state index contributed by atoms with van der Waals surface area (Å²) in [5.41, 5.74) is 5.40. The number of aromatic nitrogens is 4. The molecule has 0 aliphatic rings. The minimum Gasteiger partial charge on any atom is -0.370 e. The lowest BCUT2D eigenvalue weighted by atomic mass is 10.2. The summed E-state index contributed by atoms with van der Waals surface area (Å²) < 4.78 is 42.9. The summed E-state index contributed by atoms with van der Waals surface area (Å²) in [6, 6.07) is 0.631. The van der Waals surface area contributed by atoms with Gasteiger partial charge < -0.3 is 16.4 Å². The van der Waals surface area contributed by atoms with E-state index in [1.54, 1.807) is 6.92 Å². The van der Waals surface area contributed by atoms with Crippen LogP contribution in [0.2, 0.25) is 0 Å². The molecule has 0 bridgehead atoms. The molecule has 2 heterocycles. The van der Waals surface area contributed by atoms with Crippen molar-refractivity contribution in [3.63, 3.8) is 0 Å². The molecule has 1 aromatic carbocycles. The van der Waals surface area contributed by atoms with Crippen molar-refractivity contribution in [2.75, 3.05) is 10.6 Å². The fraction of sp³-hybridized carbons (Fsp3) is 0.368. The van der Waals surface area contributed by atoms with Crippen LogP contribution in [0.4, 0.5) is 30.8 Å². The standard InChI is InChI=1S/C18H20F3N7O.CH4/c1-8(2)24-17-23-7-13-16(27-17)28(9(3)4-14(22)29)18(25-13)26-15-11(20)5-10(19)6-12(15)21;/h5-9H,4H2,1-3H3,(H2,22,29)(H,25,26)(H,23,24,27);1H4/t9-;/m1./s1. The van der Waals surface area contributed by atoms with Crippen LogP contribution >= 0.6 is 0 Å². The van der Waals surface area contributed by atoms with Crippen LogP contribution in [0.5, 0.6) is 0 Å². The Labute approximate surface area is 171 Å². The van der Waals surface area contributed by atoms with E-state index in [4.69, 9.17) is 5.73 Å². The first kappa shape index (κ1) is 22.9. The Morgan fingerprint density at radius 3 is 2.37 bits per heavy atom. The molecule has 30 heavy (non-hydrogen) atoms. The lowest BCUT2D eigenvalue weighted by Gasteiger charge is -2.17. The zero-order chi connectivity index (χ0) is 21.3. The zero-order valence-electron chi connectivity index (χ0n) is 16.0. The van der Waals surface area contributed by atoms with E-state index in [9.17, 15) is 18.0 Å². The second-order valence-electron chi connectivity index (χ2n) is 6.90. The van der Waals surface area contributed by atoms with E-state index in [0.717, 1.165) is 0 Å². The van der Waals surface area contributed by atoms with Crippen LogP contribution in [-0.2, 0) is 4.79 Å². The van der Waals surface area contributed by atoms with Crippen molar-refractivity contribution in [2.24, 2.45) is 5.73 Å². The van der Waals surface area contributed by atoms with Gasteiger partial charge in [-0.05, 0) is 20.8 Å². The molecular weight excluding hydrogens is 399 g/mol. The molecule has 11 heteroatoms. The van der Waals surface area contributed by atoms with E-state index >= 15 is 0 Å². The topological polar surface area (TPSA) is 111 Å². The highest BCUT2D eigenvalue weighted by molar-refractivity contribution is 5.78. The third kappa shape index (κ3) is 4.78. The number of nitrogens with two attached hydrogens (primary N) is 1. The highest BCUT2D eigenvalue weighted by Crippen LogP contribution is 2.30. The first-order chi connectivity index (χ1) is 13.7. The van der Waals surface area contributed by atoms with Crippen molar-refractivity contribution in [3.8, 4) is 0 Å². The second kappa shape index (κ2) is 8.97. The van der Waals surface area contributed by atoms with Crippen molar-refractivity contribution in [2.45, 2.75) is 46.7 Å². The molecule has 1 atom stereocenters. The van der Waals surface area contributed by atoms with Crippen LogP contribution in [0.3, 0.4) is 0 Å². The molecule has 2 aromatic heterocycles. The van der Waals surface area contributed by atoms with Gasteiger partial charge in [0.05, 0.1) is 6.20 Å². The van der Waals surface area contributed by atoms with Gasteiger partial charge in [-0.25, -0.2) is 23.1 Å². The maximum Gasteiger partial charge on any atom is 0.224 e. The Hall–Kier alpha value is -3.37. The average Bonchev–Trinajstić information content (AvgIpc) is 2.94. The van der Waals surface area contributed by atoms with Crippen molar-refractivity contribution >= 4 is 34.7 Å². The van der Waals surface area contributed by atoms with Crippen LogP contribution in [-0.4, -0.2) is 31.5 Å². The van der Waals surface area contributed by atoms with Gasteiger partial charge in [-0.15, -0.1) is 0 Å². The number of anilines is 3. The summed E-state index contributed by atoms with van der Waals surface area (Å²) in [4.78, 5) is 24.3. The smallest absolute Gasteiger partial charge is 0.224 e. The summed E-state index contributed by atoms with van der Waals surface area (Å²) in [5.74, 6) is -3.54. The van der Waals surface area contributed by atoms with Gasteiger partial charge in [0.1, 0.15) is 17.0 Å². The van der Waals surface area contributed by atoms with E-state index in [0.29, 0.717) is 29.2 Å². The molecule has 0 aliphatic heterocycles. The third-order valence-corrected chi connectivity index (χ3v) is 4.03. The molecular formula is C19H24F3N7O. The normalized spacial score (nSPS) is 12.0. The number of halogens is 3. The van der Waals surface area contributed by atoms with Crippen molar-refractivity contribution in [1.29, 1.82) is 0 Å². The number of hydrogen-bond acceptors (Lipinski definition) is 6. The van der Waals surface area contributed by atoms with Crippen molar-refractivity contribution < 1.29 is 18.0 Å². The van der Waals surface area contributed by atoms with Crippen LogP contribution < -0.4 is 16.4 Å². The van der Waals surface area contributed by atoms with Gasteiger partial charge >= 0.3 is 0 Å². The number of amides is 1. The second-order valence-corrected chi connectivity index (χ2v) is 6.90. The van der Waals surface area contributed by atoms with E-state index in [1.807, 2.05) is 13.8 Å². The third-order valence-electron chi connectivity index (χ3n) is 4.03. The zero-order valence-corrected chi connectivity index (χ0v) is 16.0. The lowest BCUT2D eigenvalue weighted by molar-refractivity contribution is -0.118. The molecule has 1 amide bonds. The van der Waals surface area contributed by atoms with Gasteiger partial charge in [0.2, 0.25) is 17.8 Å². The number of nitrogens with zero attached hydrogens (tertiary/aromatic N) is 4. The molecule has 4 N–H and O–H groups in total. The van der Waals surface area contributed by atoms with Gasteiger partial charge in [0, 0.05) is 30.6 Å². The fourth-order valence-electron chi connectivity index (χ4n) is 2.88. The van der Waals surface area contributed by atoms with E-state index in [2.05, 4.69) is 25.6 Å². The molecule has 0 spiro atoms. The number of carbonyl (C=O) groups excluding carboxylic acids is 1. The Morgan fingerprint density at radius 1 is 1.17 bits per heavy atom. The molecule has 0 saturated heterocycles. The quantitative estimate of drug-likeness (QED) is 0.532. The largest absolute Gasteiger partial charge is 0.370 e. The van der Waals surface area contributed by atoms with Crippen LogP contribution in [0.25, 0.3) is 11.2 Å². The number of imidazole rings is 1. The Kier molecular flexibility index (Phi) is 6.85. The van der Waals surface area contributed by atoms with Crippen LogP contribution in [0, 0.1) is 17.5 Å². The molecule has 0 radical (unpaired) electrons. The molecule has 0 aliphatic carbocycles. The van der Waals surface area contributed by atoms with Crippen LogP contribution in [0.15, 0.2) is 18.3 Å². The average molecular weight is 423 g/mol. The van der Waals surface area contributed by atoms with Gasteiger partial charge in [0.15, 0.2) is 17.3 Å². The minimum atomic E-state index is -1.13. The first-order valence-corrected chi connectivity index (χ1v) is 8.87. The van der Waals surface area contributed by atoms with Crippen molar-refractivity contribution in [1.82, 2.24) is 19.5 Å². The first-order valence-electron chi connectivity index (χ1n) is 8.87. The summed E-state index contributed by atoms with van der Waals surface area (Å²) in [6.45, 7) is 5.51. The molecule has 8 nitrogen and oxygen atoms in total. The van der Waals surface area contributed by atoms with Crippen molar-refractivity contribution in [3.05, 3.63) is 35.8 Å². The number of fused-ring (bicyclic) bond motifs is 1. The summed E-state index contributed by atoms with van der Waals surface area (Å²) >= 11 is 0. The molecule has 0 saturated carbocycles. The number of benzene rings is 1. The molecule has 0 fully saturated rings. The monoisotopic (exact) mass is 423 g/mol. The fourth-order valence-corrected chi connectivity index (χ4v) is 2.88. The lowest BCUT2D eigenvalue weighted by Crippen LogP contribution is -2.19. The van der Waals surface area contributed by atoms with Gasteiger partial charge in [-0.3, -0.25) is 9.36 Å². The van der Waals surface area contributed by atoms with Gasteiger partial charge in [-0.2, -0.15) is 4.98 Å². The Morgan fingerprint density at radius 2 is 1.80 bits per heavy atom. The molecule has 162 valence electrons. The summed E-state index contributed by atoms with van der Waals surface area (Å²) in [7, 11) is 0. The summed E-state index contributed by atoms with van der Waals surface area (Å²) in [6.07, 6.45) is 1.38. The highest BCUT2D eigenvalue weighted by Gasteiger charge is 2.22. The minimum absolute atomic E-state index is 0.